The Balaban J connectivity index is 2.24. The minimum absolute atomic E-state index is 0.0283. The first kappa shape index (κ1) is 15.1. The van der Waals surface area contributed by atoms with Crippen LogP contribution in [0.5, 0.6) is 0 Å². The predicted octanol–water partition coefficient (Wildman–Crippen LogP) is 2.72. The van der Waals surface area contributed by atoms with Gasteiger partial charge in [-0.1, -0.05) is 0 Å². The van der Waals surface area contributed by atoms with Gasteiger partial charge in [0, 0.05) is 6.20 Å². The summed E-state index contributed by atoms with van der Waals surface area (Å²) < 4.78 is 47.2. The number of alkyl halides is 3. The van der Waals surface area contributed by atoms with Gasteiger partial charge in [-0.3, -0.25) is 0 Å². The molecule has 0 bridgehead atoms. The van der Waals surface area contributed by atoms with E-state index in [1.54, 1.807) is 18.3 Å². The Hall–Kier alpha value is -2.84. The topological polar surface area (TPSA) is 61.4 Å². The van der Waals surface area contributed by atoms with Crippen LogP contribution in [-0.2, 0) is 10.9 Å². The molecule has 0 saturated carbocycles. The Morgan fingerprint density at radius 1 is 1.30 bits per heavy atom. The largest absolute Gasteiger partial charge is 0.462 e. The summed E-state index contributed by atoms with van der Waals surface area (Å²) in [6.45, 7) is 1.49. The molecule has 6 nitrogen and oxygen atoms in total. The maximum absolute atomic E-state index is 13.5. The molecule has 0 spiro atoms. The number of hydrogen-bond acceptors (Lipinski definition) is 4. The highest BCUT2D eigenvalue weighted by molar-refractivity contribution is 5.91. The second-order valence-corrected chi connectivity index (χ2v) is 4.59. The van der Waals surface area contributed by atoms with Crippen LogP contribution >= 0.6 is 0 Å². The maximum atomic E-state index is 13.5. The van der Waals surface area contributed by atoms with Crippen molar-refractivity contribution in [3.63, 3.8) is 0 Å². The lowest BCUT2D eigenvalue weighted by Gasteiger charge is -2.13. The lowest BCUT2D eigenvalue weighted by atomic mass is 10.2. The number of fused-ring (bicyclic) bond motifs is 1. The van der Waals surface area contributed by atoms with Gasteiger partial charge in [-0.05, 0) is 25.1 Å². The van der Waals surface area contributed by atoms with Crippen LogP contribution in [0.3, 0.4) is 0 Å². The van der Waals surface area contributed by atoms with E-state index in [-0.39, 0.29) is 12.3 Å². The van der Waals surface area contributed by atoms with Crippen molar-refractivity contribution in [2.75, 3.05) is 6.61 Å². The fourth-order valence-corrected chi connectivity index (χ4v) is 2.28. The van der Waals surface area contributed by atoms with Gasteiger partial charge >= 0.3 is 12.1 Å². The van der Waals surface area contributed by atoms with Crippen molar-refractivity contribution in [3.8, 4) is 5.69 Å². The summed E-state index contributed by atoms with van der Waals surface area (Å²) in [5.41, 5.74) is -1.21. The number of ether oxygens (including phenoxy) is 1. The smallest absolute Gasteiger partial charge is 0.434 e. The lowest BCUT2D eigenvalue weighted by molar-refractivity contribution is -0.143. The van der Waals surface area contributed by atoms with E-state index in [1.807, 2.05) is 0 Å². The van der Waals surface area contributed by atoms with Gasteiger partial charge in [0.1, 0.15) is 5.56 Å². The average Bonchev–Trinajstić information content (AvgIpc) is 3.13. The summed E-state index contributed by atoms with van der Waals surface area (Å²) in [5, 5.41) is 7.71. The molecule has 0 amide bonds. The van der Waals surface area contributed by atoms with Crippen molar-refractivity contribution in [1.82, 2.24) is 19.4 Å². The summed E-state index contributed by atoms with van der Waals surface area (Å²) in [5.74, 6) is -1.06. The van der Waals surface area contributed by atoms with Gasteiger partial charge in [0.05, 0.1) is 30.2 Å². The van der Waals surface area contributed by atoms with Crippen LogP contribution < -0.4 is 0 Å². The number of pyridine rings is 1. The molecule has 0 fully saturated rings. The number of carbonyl (C=O) groups excluding carboxylic acids is 1. The molecule has 0 atom stereocenters. The Morgan fingerprint density at radius 2 is 2.09 bits per heavy atom. The van der Waals surface area contributed by atoms with Gasteiger partial charge in [-0.15, -0.1) is 0 Å². The zero-order chi connectivity index (χ0) is 16.6. The quantitative estimate of drug-likeness (QED) is 0.695. The minimum atomic E-state index is -4.77. The Bertz CT molecular complexity index is 866. The van der Waals surface area contributed by atoms with Crippen LogP contribution in [0, 0.1) is 0 Å². The summed E-state index contributed by atoms with van der Waals surface area (Å²) in [4.78, 5) is 11.8. The molecule has 120 valence electrons. The van der Waals surface area contributed by atoms with Gasteiger partial charge < -0.3 is 4.74 Å². The van der Waals surface area contributed by atoms with E-state index < -0.39 is 23.4 Å². The monoisotopic (exact) mass is 324 g/mol. The second kappa shape index (κ2) is 5.41. The molecule has 0 unspecified atom stereocenters. The van der Waals surface area contributed by atoms with Gasteiger partial charge in [0.15, 0.2) is 5.69 Å². The van der Waals surface area contributed by atoms with Crippen molar-refractivity contribution < 1.29 is 22.7 Å². The zero-order valence-corrected chi connectivity index (χ0v) is 11.9. The first-order chi connectivity index (χ1) is 10.9. The molecule has 0 aliphatic heterocycles. The molecule has 3 rings (SSSR count). The third kappa shape index (κ3) is 2.54. The lowest BCUT2D eigenvalue weighted by Crippen LogP contribution is -2.18. The fraction of sp³-hybridized carbons (Fsp3) is 0.214. The van der Waals surface area contributed by atoms with Gasteiger partial charge in [0.25, 0.3) is 0 Å². The molecule has 0 saturated heterocycles. The first-order valence-corrected chi connectivity index (χ1v) is 6.68. The van der Waals surface area contributed by atoms with E-state index in [9.17, 15) is 18.0 Å². The molecule has 3 aromatic heterocycles. The van der Waals surface area contributed by atoms with Crippen LogP contribution in [0.15, 0.2) is 36.8 Å². The van der Waals surface area contributed by atoms with Crippen LogP contribution in [0.2, 0.25) is 0 Å². The number of halogens is 3. The normalized spacial score (nSPS) is 11.8. The summed E-state index contributed by atoms with van der Waals surface area (Å²) in [6.07, 6.45) is -0.851. The molecule has 0 aromatic carbocycles. The third-order valence-corrected chi connectivity index (χ3v) is 3.18. The van der Waals surface area contributed by atoms with Crippen molar-refractivity contribution in [2.24, 2.45) is 0 Å². The van der Waals surface area contributed by atoms with Crippen molar-refractivity contribution >= 4 is 11.5 Å². The van der Waals surface area contributed by atoms with Crippen LogP contribution in [0.25, 0.3) is 11.2 Å². The highest BCUT2D eigenvalue weighted by Gasteiger charge is 2.41. The molecule has 0 aliphatic carbocycles. The van der Waals surface area contributed by atoms with E-state index in [0.29, 0.717) is 10.2 Å². The number of esters is 1. The summed E-state index contributed by atoms with van der Waals surface area (Å²) in [6, 6.07) is 4.57. The minimum Gasteiger partial charge on any atom is -0.462 e. The highest BCUT2D eigenvalue weighted by Crippen LogP contribution is 2.34. The third-order valence-electron chi connectivity index (χ3n) is 3.18. The molecule has 0 aliphatic rings. The molecule has 0 radical (unpaired) electrons. The molecule has 3 aromatic rings. The standard InChI is InChI=1S/C14H11F3N4O2/c1-2-23-13(22)9-8-19-21(12(9)14(15,16)17)11-4-3-7-20-10(11)5-6-18-20/h3-8H,2H2,1H3. The fourth-order valence-electron chi connectivity index (χ4n) is 2.28. The van der Waals surface area contributed by atoms with Crippen molar-refractivity contribution in [2.45, 2.75) is 13.1 Å². The Morgan fingerprint density at radius 3 is 2.78 bits per heavy atom. The Kier molecular flexibility index (Phi) is 3.55. The van der Waals surface area contributed by atoms with Crippen LogP contribution in [-0.4, -0.2) is 32.0 Å². The van der Waals surface area contributed by atoms with Gasteiger partial charge in [-0.2, -0.15) is 23.4 Å². The SMILES string of the molecule is CCOC(=O)c1cnn(-c2cccn3nccc23)c1C(F)(F)F. The Labute approximate surface area is 128 Å². The highest BCUT2D eigenvalue weighted by atomic mass is 19.4. The van der Waals surface area contributed by atoms with E-state index in [0.717, 1.165) is 6.20 Å². The predicted molar refractivity (Wildman–Crippen MR) is 73.3 cm³/mol. The van der Waals surface area contributed by atoms with Gasteiger partial charge in [-0.25, -0.2) is 14.0 Å². The maximum Gasteiger partial charge on any atom is 0.434 e. The molecular weight excluding hydrogens is 313 g/mol. The molecule has 0 N–H and O–H groups in total. The molecule has 3 heterocycles. The molecule has 23 heavy (non-hydrogen) atoms. The second-order valence-electron chi connectivity index (χ2n) is 4.59. The average molecular weight is 324 g/mol. The number of aromatic nitrogens is 4. The van der Waals surface area contributed by atoms with Crippen LogP contribution in [0.1, 0.15) is 23.0 Å². The number of rotatable bonds is 3. The van der Waals surface area contributed by atoms with E-state index >= 15 is 0 Å². The summed E-state index contributed by atoms with van der Waals surface area (Å²) >= 11 is 0. The van der Waals surface area contributed by atoms with Crippen molar-refractivity contribution in [1.29, 1.82) is 0 Å². The number of carbonyl (C=O) groups is 1. The van der Waals surface area contributed by atoms with Crippen LogP contribution in [0.4, 0.5) is 13.2 Å². The van der Waals surface area contributed by atoms with E-state index in [4.69, 9.17) is 0 Å². The number of nitrogens with zero attached hydrogens (tertiary/aromatic N) is 4. The first-order valence-electron chi connectivity index (χ1n) is 6.68. The van der Waals surface area contributed by atoms with E-state index in [2.05, 4.69) is 14.9 Å². The molecular formula is C14H11F3N4O2. The summed E-state index contributed by atoms with van der Waals surface area (Å²) in [7, 11) is 0. The molecule has 9 heteroatoms. The zero-order valence-electron chi connectivity index (χ0n) is 11.9. The van der Waals surface area contributed by atoms with E-state index in [1.165, 1.54) is 23.7 Å². The number of hydrogen-bond donors (Lipinski definition) is 0. The van der Waals surface area contributed by atoms with Crippen molar-refractivity contribution in [3.05, 3.63) is 48.0 Å². The van der Waals surface area contributed by atoms with Gasteiger partial charge in [0.2, 0.25) is 0 Å².